The first kappa shape index (κ1) is 21.0. The van der Waals surface area contributed by atoms with Crippen LogP contribution in [0.1, 0.15) is 26.3 Å². The molecular weight excluding hydrogens is 406 g/mol. The zero-order chi connectivity index (χ0) is 21.5. The molecular formula is C25H25N3O2S. The van der Waals surface area contributed by atoms with Crippen LogP contribution >= 0.6 is 11.8 Å². The normalized spacial score (nSPS) is 13.5. The van der Waals surface area contributed by atoms with Gasteiger partial charge in [0, 0.05) is 53.6 Å². The van der Waals surface area contributed by atoms with Crippen molar-refractivity contribution in [1.29, 1.82) is 0 Å². The van der Waals surface area contributed by atoms with Crippen LogP contribution in [0, 0.1) is 0 Å². The SMILES string of the molecule is O=C(NCc1ccc(N2CCSCC2)cc1)c1ccc(NC(=O)c2ccccc2)cc1. The molecule has 1 aliphatic rings. The molecule has 3 aromatic carbocycles. The molecule has 0 aliphatic carbocycles. The molecule has 2 amide bonds. The number of hydrogen-bond acceptors (Lipinski definition) is 4. The van der Waals surface area contributed by atoms with Crippen LogP contribution in [-0.4, -0.2) is 36.4 Å². The number of amides is 2. The van der Waals surface area contributed by atoms with Crippen molar-refractivity contribution in [2.45, 2.75) is 6.54 Å². The molecule has 1 heterocycles. The van der Waals surface area contributed by atoms with Gasteiger partial charge in [0.25, 0.3) is 11.8 Å². The van der Waals surface area contributed by atoms with Crippen LogP contribution < -0.4 is 15.5 Å². The molecule has 5 nitrogen and oxygen atoms in total. The van der Waals surface area contributed by atoms with Crippen molar-refractivity contribution in [1.82, 2.24) is 5.32 Å². The second-order valence-corrected chi connectivity index (χ2v) is 8.57. The first-order valence-electron chi connectivity index (χ1n) is 10.4. The molecule has 1 aliphatic heterocycles. The average molecular weight is 432 g/mol. The fourth-order valence-corrected chi connectivity index (χ4v) is 4.33. The van der Waals surface area contributed by atoms with Gasteiger partial charge < -0.3 is 15.5 Å². The fraction of sp³-hybridized carbons (Fsp3) is 0.200. The minimum atomic E-state index is -0.176. The van der Waals surface area contributed by atoms with Crippen molar-refractivity contribution in [2.75, 3.05) is 34.8 Å². The third kappa shape index (κ3) is 5.67. The monoisotopic (exact) mass is 431 g/mol. The summed E-state index contributed by atoms with van der Waals surface area (Å²) in [5, 5.41) is 5.80. The van der Waals surface area contributed by atoms with Gasteiger partial charge in [0.1, 0.15) is 0 Å². The summed E-state index contributed by atoms with van der Waals surface area (Å²) in [5.74, 6) is 2.03. The number of benzene rings is 3. The lowest BCUT2D eigenvalue weighted by Crippen LogP contribution is -2.32. The number of thioether (sulfide) groups is 1. The van der Waals surface area contributed by atoms with Gasteiger partial charge in [-0.2, -0.15) is 11.8 Å². The predicted molar refractivity (Wildman–Crippen MR) is 128 cm³/mol. The maximum absolute atomic E-state index is 12.5. The standard InChI is InChI=1S/C25H25N3O2S/c29-24(26-18-19-6-12-23(13-7-19)28-14-16-31-17-15-28)21-8-10-22(11-9-21)27-25(30)20-4-2-1-3-5-20/h1-13H,14-18H2,(H,26,29)(H,27,30). The van der Waals surface area contributed by atoms with Crippen molar-refractivity contribution < 1.29 is 9.59 Å². The van der Waals surface area contributed by atoms with E-state index in [0.717, 1.165) is 18.7 Å². The molecule has 1 saturated heterocycles. The number of anilines is 2. The van der Waals surface area contributed by atoms with Crippen LogP contribution in [0.2, 0.25) is 0 Å². The van der Waals surface area contributed by atoms with E-state index >= 15 is 0 Å². The summed E-state index contributed by atoms with van der Waals surface area (Å²) in [5.41, 5.74) is 4.10. The summed E-state index contributed by atoms with van der Waals surface area (Å²) in [7, 11) is 0. The van der Waals surface area contributed by atoms with Gasteiger partial charge in [0.15, 0.2) is 0 Å². The molecule has 0 aromatic heterocycles. The predicted octanol–water partition coefficient (Wildman–Crippen LogP) is 4.42. The Hall–Kier alpha value is -3.25. The molecule has 0 spiro atoms. The summed E-state index contributed by atoms with van der Waals surface area (Å²) >= 11 is 2.00. The molecule has 0 saturated carbocycles. The summed E-state index contributed by atoms with van der Waals surface area (Å²) in [6, 6.07) is 24.3. The van der Waals surface area contributed by atoms with E-state index in [4.69, 9.17) is 0 Å². The molecule has 0 unspecified atom stereocenters. The Morgan fingerprint density at radius 1 is 0.774 bits per heavy atom. The quantitative estimate of drug-likeness (QED) is 0.606. The summed E-state index contributed by atoms with van der Waals surface area (Å²) in [6.07, 6.45) is 0. The van der Waals surface area contributed by atoms with Gasteiger partial charge in [-0.25, -0.2) is 0 Å². The maximum atomic E-state index is 12.5. The summed E-state index contributed by atoms with van der Waals surface area (Å²) < 4.78 is 0. The van der Waals surface area contributed by atoms with Crippen molar-refractivity contribution in [2.24, 2.45) is 0 Å². The van der Waals surface area contributed by atoms with Gasteiger partial charge in [-0.15, -0.1) is 0 Å². The first-order chi connectivity index (χ1) is 15.2. The fourth-order valence-electron chi connectivity index (χ4n) is 3.43. The highest BCUT2D eigenvalue weighted by atomic mass is 32.2. The zero-order valence-corrected chi connectivity index (χ0v) is 18.0. The average Bonchev–Trinajstić information content (AvgIpc) is 2.84. The third-order valence-electron chi connectivity index (χ3n) is 5.21. The highest BCUT2D eigenvalue weighted by molar-refractivity contribution is 7.99. The van der Waals surface area contributed by atoms with E-state index in [9.17, 15) is 9.59 Å². The second kappa shape index (κ2) is 10.2. The van der Waals surface area contributed by atoms with Gasteiger partial charge >= 0.3 is 0 Å². The number of rotatable bonds is 6. The Bertz CT molecular complexity index is 1010. The smallest absolute Gasteiger partial charge is 0.255 e. The third-order valence-corrected chi connectivity index (χ3v) is 6.15. The molecule has 2 N–H and O–H groups in total. The molecule has 31 heavy (non-hydrogen) atoms. The molecule has 0 radical (unpaired) electrons. The topological polar surface area (TPSA) is 61.4 Å². The van der Waals surface area contributed by atoms with E-state index in [1.165, 1.54) is 17.2 Å². The molecule has 3 aromatic rings. The van der Waals surface area contributed by atoms with Crippen molar-refractivity contribution in [3.05, 3.63) is 95.6 Å². The molecule has 0 bridgehead atoms. The van der Waals surface area contributed by atoms with Crippen molar-refractivity contribution in [3.8, 4) is 0 Å². The molecule has 0 atom stereocenters. The van der Waals surface area contributed by atoms with Crippen LogP contribution in [0.5, 0.6) is 0 Å². The first-order valence-corrected chi connectivity index (χ1v) is 11.5. The van der Waals surface area contributed by atoms with Gasteiger partial charge in [0.05, 0.1) is 0 Å². The number of nitrogens with one attached hydrogen (secondary N) is 2. The van der Waals surface area contributed by atoms with Crippen LogP contribution in [-0.2, 0) is 6.54 Å². The largest absolute Gasteiger partial charge is 0.370 e. The van der Waals surface area contributed by atoms with Gasteiger partial charge in [-0.05, 0) is 54.1 Å². The van der Waals surface area contributed by atoms with E-state index < -0.39 is 0 Å². The molecule has 4 rings (SSSR count). The van der Waals surface area contributed by atoms with Crippen molar-refractivity contribution in [3.63, 3.8) is 0 Å². The molecule has 158 valence electrons. The lowest BCUT2D eigenvalue weighted by Gasteiger charge is -2.28. The number of hydrogen-bond donors (Lipinski definition) is 2. The van der Waals surface area contributed by atoms with E-state index in [1.807, 2.05) is 30.0 Å². The highest BCUT2D eigenvalue weighted by Gasteiger charge is 2.11. The Kier molecular flexibility index (Phi) is 6.89. The van der Waals surface area contributed by atoms with Crippen LogP contribution in [0.4, 0.5) is 11.4 Å². The van der Waals surface area contributed by atoms with E-state index in [0.29, 0.717) is 23.4 Å². The summed E-state index contributed by atoms with van der Waals surface area (Å²) in [4.78, 5) is 27.1. The van der Waals surface area contributed by atoms with E-state index in [2.05, 4.69) is 39.8 Å². The van der Waals surface area contributed by atoms with Crippen LogP contribution in [0.3, 0.4) is 0 Å². The Labute approximate surface area is 186 Å². The Morgan fingerprint density at radius 3 is 2.10 bits per heavy atom. The Morgan fingerprint density at radius 2 is 1.42 bits per heavy atom. The van der Waals surface area contributed by atoms with E-state index in [1.54, 1.807) is 36.4 Å². The summed E-state index contributed by atoms with van der Waals surface area (Å²) in [6.45, 7) is 2.65. The number of carbonyl (C=O) groups excluding carboxylic acids is 2. The number of carbonyl (C=O) groups is 2. The number of nitrogens with zero attached hydrogens (tertiary/aromatic N) is 1. The van der Waals surface area contributed by atoms with Crippen LogP contribution in [0.15, 0.2) is 78.9 Å². The second-order valence-electron chi connectivity index (χ2n) is 7.35. The maximum Gasteiger partial charge on any atom is 0.255 e. The zero-order valence-electron chi connectivity index (χ0n) is 17.2. The minimum absolute atomic E-state index is 0.141. The lowest BCUT2D eigenvalue weighted by atomic mass is 10.1. The molecule has 6 heteroatoms. The van der Waals surface area contributed by atoms with Crippen molar-refractivity contribution >= 4 is 35.0 Å². The van der Waals surface area contributed by atoms with Crippen LogP contribution in [0.25, 0.3) is 0 Å². The van der Waals surface area contributed by atoms with E-state index in [-0.39, 0.29) is 11.8 Å². The lowest BCUT2D eigenvalue weighted by molar-refractivity contribution is 0.0950. The highest BCUT2D eigenvalue weighted by Crippen LogP contribution is 2.20. The molecule has 1 fully saturated rings. The Balaban J connectivity index is 1.29. The minimum Gasteiger partial charge on any atom is -0.370 e. The van der Waals surface area contributed by atoms with Gasteiger partial charge in [0.2, 0.25) is 0 Å². The van der Waals surface area contributed by atoms with Gasteiger partial charge in [-0.1, -0.05) is 30.3 Å². The van der Waals surface area contributed by atoms with Gasteiger partial charge in [-0.3, -0.25) is 9.59 Å².